The fourth-order valence-corrected chi connectivity index (χ4v) is 1.67. The van der Waals surface area contributed by atoms with E-state index in [1.54, 1.807) is 6.92 Å². The monoisotopic (exact) mass is 240 g/mol. The van der Waals surface area contributed by atoms with Crippen LogP contribution in [0.5, 0.6) is 0 Å². The highest BCUT2D eigenvalue weighted by Crippen LogP contribution is 2.19. The van der Waals surface area contributed by atoms with Crippen molar-refractivity contribution < 1.29 is 4.42 Å². The Labute approximate surface area is 98.4 Å². The first-order valence-electron chi connectivity index (χ1n) is 5.06. The second-order valence-corrected chi connectivity index (χ2v) is 4.05. The fourth-order valence-electron chi connectivity index (χ4n) is 1.53. The molecule has 5 nitrogen and oxygen atoms in total. The molecule has 0 aliphatic carbocycles. The van der Waals surface area contributed by atoms with Crippen LogP contribution in [0, 0.1) is 20.8 Å². The molecule has 86 valence electrons. The first-order valence-corrected chi connectivity index (χ1v) is 5.44. The van der Waals surface area contributed by atoms with Gasteiger partial charge in [-0.25, -0.2) is 0 Å². The van der Waals surface area contributed by atoms with Crippen molar-refractivity contribution in [1.29, 1.82) is 0 Å². The van der Waals surface area contributed by atoms with Gasteiger partial charge < -0.3 is 4.42 Å². The summed E-state index contributed by atoms with van der Waals surface area (Å²) in [6, 6.07) is 0. The molecule has 0 aliphatic rings. The molecule has 0 radical (unpaired) electrons. The van der Waals surface area contributed by atoms with Gasteiger partial charge in [0.05, 0.1) is 16.4 Å². The second-order valence-electron chi connectivity index (χ2n) is 3.67. The number of halogens is 1. The summed E-state index contributed by atoms with van der Waals surface area (Å²) >= 11 is 6.05. The van der Waals surface area contributed by atoms with E-state index >= 15 is 0 Å². The molecular weight excluding hydrogens is 228 g/mol. The third-order valence-electron chi connectivity index (χ3n) is 2.40. The lowest BCUT2D eigenvalue weighted by Crippen LogP contribution is -2.05. The van der Waals surface area contributed by atoms with Crippen LogP contribution in [0.1, 0.15) is 23.2 Å². The van der Waals surface area contributed by atoms with Crippen molar-refractivity contribution in [1.82, 2.24) is 20.0 Å². The van der Waals surface area contributed by atoms with E-state index in [1.807, 2.05) is 18.5 Å². The van der Waals surface area contributed by atoms with Crippen molar-refractivity contribution >= 4 is 11.6 Å². The minimum atomic E-state index is 0.585. The zero-order valence-corrected chi connectivity index (χ0v) is 10.2. The molecule has 0 spiro atoms. The highest BCUT2D eigenvalue weighted by Gasteiger charge is 2.10. The molecule has 0 atom stereocenters. The Balaban J connectivity index is 2.07. The summed E-state index contributed by atoms with van der Waals surface area (Å²) in [7, 11) is 0. The van der Waals surface area contributed by atoms with E-state index < -0.39 is 0 Å². The molecule has 0 amide bonds. The SMILES string of the molecule is Cc1nnc(CCn2nc(C)c(Cl)c2C)o1. The van der Waals surface area contributed by atoms with E-state index in [2.05, 4.69) is 15.3 Å². The predicted octanol–water partition coefficient (Wildman–Crippen LogP) is 2.09. The average Bonchev–Trinajstić information content (AvgIpc) is 2.76. The van der Waals surface area contributed by atoms with E-state index in [0.29, 0.717) is 24.7 Å². The number of hydrogen-bond donors (Lipinski definition) is 0. The standard InChI is InChI=1S/C10H13ClN4O/c1-6-10(11)7(2)15(14-6)5-4-9-13-12-8(3)16-9/h4-5H2,1-3H3. The molecule has 2 aromatic heterocycles. The minimum absolute atomic E-state index is 0.585. The van der Waals surface area contributed by atoms with Crippen LogP contribution in [0.4, 0.5) is 0 Å². The van der Waals surface area contributed by atoms with Gasteiger partial charge in [0.2, 0.25) is 11.8 Å². The Morgan fingerprint density at radius 3 is 2.50 bits per heavy atom. The molecule has 0 aromatic carbocycles. The summed E-state index contributed by atoms with van der Waals surface area (Å²) in [4.78, 5) is 0. The summed E-state index contributed by atoms with van der Waals surface area (Å²) in [5.74, 6) is 1.21. The first-order chi connectivity index (χ1) is 7.58. The van der Waals surface area contributed by atoms with Crippen molar-refractivity contribution in [2.24, 2.45) is 0 Å². The van der Waals surface area contributed by atoms with Gasteiger partial charge in [-0.05, 0) is 13.8 Å². The van der Waals surface area contributed by atoms with Gasteiger partial charge in [-0.15, -0.1) is 10.2 Å². The summed E-state index contributed by atoms with van der Waals surface area (Å²) < 4.78 is 7.14. The molecule has 2 heterocycles. The summed E-state index contributed by atoms with van der Waals surface area (Å²) in [5, 5.41) is 12.8. The summed E-state index contributed by atoms with van der Waals surface area (Å²) in [5.41, 5.74) is 1.82. The maximum atomic E-state index is 6.05. The maximum Gasteiger partial charge on any atom is 0.218 e. The summed E-state index contributed by atoms with van der Waals surface area (Å²) in [6.07, 6.45) is 0.666. The molecule has 0 fully saturated rings. The van der Waals surface area contributed by atoms with Gasteiger partial charge in [0.15, 0.2) is 0 Å². The minimum Gasteiger partial charge on any atom is -0.426 e. The van der Waals surface area contributed by atoms with Crippen molar-refractivity contribution in [3.63, 3.8) is 0 Å². The van der Waals surface area contributed by atoms with Crippen LogP contribution >= 0.6 is 11.6 Å². The quantitative estimate of drug-likeness (QED) is 0.824. The zero-order valence-electron chi connectivity index (χ0n) is 9.49. The molecule has 0 saturated heterocycles. The van der Waals surface area contributed by atoms with Crippen LogP contribution in [0.3, 0.4) is 0 Å². The van der Waals surface area contributed by atoms with Gasteiger partial charge in [0, 0.05) is 19.9 Å². The van der Waals surface area contributed by atoms with Crippen LogP contribution in [0.15, 0.2) is 4.42 Å². The molecule has 6 heteroatoms. The van der Waals surface area contributed by atoms with Gasteiger partial charge in [0.25, 0.3) is 0 Å². The maximum absolute atomic E-state index is 6.05. The van der Waals surface area contributed by atoms with Crippen molar-refractivity contribution in [2.75, 3.05) is 0 Å². The summed E-state index contributed by atoms with van der Waals surface area (Å²) in [6.45, 7) is 6.31. The van der Waals surface area contributed by atoms with E-state index in [-0.39, 0.29) is 0 Å². The normalized spacial score (nSPS) is 11.0. The highest BCUT2D eigenvalue weighted by molar-refractivity contribution is 6.31. The van der Waals surface area contributed by atoms with Crippen LogP contribution < -0.4 is 0 Å². The van der Waals surface area contributed by atoms with Gasteiger partial charge >= 0.3 is 0 Å². The highest BCUT2D eigenvalue weighted by atomic mass is 35.5. The first kappa shape index (κ1) is 11.1. The van der Waals surface area contributed by atoms with Crippen LogP contribution in [0.2, 0.25) is 5.02 Å². The molecule has 2 aromatic rings. The topological polar surface area (TPSA) is 56.7 Å². The third-order valence-corrected chi connectivity index (χ3v) is 2.95. The number of rotatable bonds is 3. The molecule has 2 rings (SSSR count). The Morgan fingerprint density at radius 2 is 2.00 bits per heavy atom. The Bertz CT molecular complexity index is 503. The Morgan fingerprint density at radius 1 is 1.25 bits per heavy atom. The smallest absolute Gasteiger partial charge is 0.218 e. The van der Waals surface area contributed by atoms with Gasteiger partial charge in [0.1, 0.15) is 0 Å². The molecular formula is C10H13ClN4O. The van der Waals surface area contributed by atoms with Crippen LogP contribution in [-0.4, -0.2) is 20.0 Å². The van der Waals surface area contributed by atoms with E-state index in [9.17, 15) is 0 Å². The van der Waals surface area contributed by atoms with Crippen molar-refractivity contribution in [3.8, 4) is 0 Å². The predicted molar refractivity (Wildman–Crippen MR) is 59.5 cm³/mol. The van der Waals surface area contributed by atoms with Gasteiger partial charge in [-0.1, -0.05) is 11.6 Å². The van der Waals surface area contributed by atoms with E-state index in [0.717, 1.165) is 16.4 Å². The Kier molecular flexibility index (Phi) is 2.96. The number of aryl methyl sites for hydroxylation is 4. The van der Waals surface area contributed by atoms with Crippen molar-refractivity contribution in [2.45, 2.75) is 33.7 Å². The third kappa shape index (κ3) is 2.09. The number of aromatic nitrogens is 4. The van der Waals surface area contributed by atoms with E-state index in [1.165, 1.54) is 0 Å². The number of hydrogen-bond acceptors (Lipinski definition) is 4. The van der Waals surface area contributed by atoms with Crippen LogP contribution in [-0.2, 0) is 13.0 Å². The molecule has 16 heavy (non-hydrogen) atoms. The average molecular weight is 241 g/mol. The molecule has 0 bridgehead atoms. The molecule has 0 saturated carbocycles. The fraction of sp³-hybridized carbons (Fsp3) is 0.500. The number of nitrogens with zero attached hydrogens (tertiary/aromatic N) is 4. The van der Waals surface area contributed by atoms with Gasteiger partial charge in [-0.3, -0.25) is 4.68 Å². The molecule has 0 N–H and O–H groups in total. The van der Waals surface area contributed by atoms with E-state index in [4.69, 9.17) is 16.0 Å². The Hall–Kier alpha value is -1.36. The molecule has 0 unspecified atom stereocenters. The lowest BCUT2D eigenvalue weighted by Gasteiger charge is -2.01. The van der Waals surface area contributed by atoms with Crippen molar-refractivity contribution in [3.05, 3.63) is 28.2 Å². The van der Waals surface area contributed by atoms with Crippen LogP contribution in [0.25, 0.3) is 0 Å². The second kappa shape index (κ2) is 4.25. The lowest BCUT2D eigenvalue weighted by molar-refractivity contribution is 0.444. The van der Waals surface area contributed by atoms with Gasteiger partial charge in [-0.2, -0.15) is 5.10 Å². The molecule has 0 aliphatic heterocycles. The zero-order chi connectivity index (χ0) is 11.7. The lowest BCUT2D eigenvalue weighted by atomic mass is 10.4. The largest absolute Gasteiger partial charge is 0.426 e.